The van der Waals surface area contributed by atoms with Crippen LogP contribution in [0.1, 0.15) is 0 Å². The van der Waals surface area contributed by atoms with Crippen molar-refractivity contribution >= 4 is 109 Å². The summed E-state index contributed by atoms with van der Waals surface area (Å²) in [6.45, 7) is 0. The summed E-state index contributed by atoms with van der Waals surface area (Å²) in [7, 11) is 0. The van der Waals surface area contributed by atoms with Gasteiger partial charge in [-0.3, -0.25) is 0 Å². The molecule has 0 saturated heterocycles. The fourth-order valence-electron chi connectivity index (χ4n) is 10.3. The lowest BCUT2D eigenvalue weighted by Crippen LogP contribution is -1.95. The minimum atomic E-state index is 0.858. The number of furan rings is 2. The standard InChI is InChI=1S/C56H32N2O2/c1-2-12-35(13-3-1)57-48-19-9-6-15-38(48)44-29-34(23-26-50(44)57)33-22-25-40-43(28-33)37-14-4-5-17-41(37)56-55(40)42-18-7-10-20-49(42)58(56)36-24-27-52-45(30-36)47-32-53-46(31-54(47)60-52)39-16-8-11-21-51(39)59-53/h1-32H. The zero-order chi connectivity index (χ0) is 39.1. The molecule has 0 radical (unpaired) electrons. The Hall–Kier alpha value is -8.08. The van der Waals surface area contributed by atoms with E-state index < -0.39 is 0 Å². The van der Waals surface area contributed by atoms with Crippen molar-refractivity contribution in [1.82, 2.24) is 9.13 Å². The predicted octanol–water partition coefficient (Wildman–Crippen LogP) is 15.7. The lowest BCUT2D eigenvalue weighted by molar-refractivity contribution is 0.664. The largest absolute Gasteiger partial charge is 0.456 e. The zero-order valence-corrected chi connectivity index (χ0v) is 32.2. The Balaban J connectivity index is 0.999. The van der Waals surface area contributed by atoms with Gasteiger partial charge in [-0.1, -0.05) is 115 Å². The Morgan fingerprint density at radius 2 is 0.833 bits per heavy atom. The van der Waals surface area contributed by atoms with Gasteiger partial charge in [0.1, 0.15) is 22.3 Å². The number of rotatable bonds is 3. The van der Waals surface area contributed by atoms with E-state index >= 15 is 0 Å². The summed E-state index contributed by atoms with van der Waals surface area (Å²) < 4.78 is 17.7. The van der Waals surface area contributed by atoms with Crippen LogP contribution in [-0.4, -0.2) is 9.13 Å². The van der Waals surface area contributed by atoms with Crippen molar-refractivity contribution in [3.63, 3.8) is 0 Å². The number of nitrogens with zero attached hydrogens (tertiary/aromatic N) is 2. The highest BCUT2D eigenvalue weighted by Crippen LogP contribution is 2.45. The third-order valence-corrected chi connectivity index (χ3v) is 12.9. The lowest BCUT2D eigenvalue weighted by atomic mass is 9.93. The topological polar surface area (TPSA) is 36.1 Å². The van der Waals surface area contributed by atoms with Gasteiger partial charge in [0.15, 0.2) is 0 Å². The van der Waals surface area contributed by atoms with Gasteiger partial charge in [0.2, 0.25) is 0 Å². The van der Waals surface area contributed by atoms with Gasteiger partial charge in [0, 0.05) is 59.9 Å². The Morgan fingerprint density at radius 1 is 0.267 bits per heavy atom. The smallest absolute Gasteiger partial charge is 0.136 e. The molecule has 0 aliphatic carbocycles. The average Bonchev–Trinajstić information content (AvgIpc) is 4.05. The molecule has 0 unspecified atom stereocenters. The van der Waals surface area contributed by atoms with Gasteiger partial charge in [0.25, 0.3) is 0 Å². The van der Waals surface area contributed by atoms with E-state index in [0.717, 1.165) is 49.6 Å². The van der Waals surface area contributed by atoms with Crippen molar-refractivity contribution in [2.45, 2.75) is 0 Å². The van der Waals surface area contributed by atoms with E-state index in [1.54, 1.807) is 0 Å². The first kappa shape index (κ1) is 31.9. The van der Waals surface area contributed by atoms with Crippen LogP contribution in [-0.2, 0) is 0 Å². The summed E-state index contributed by atoms with van der Waals surface area (Å²) in [6.07, 6.45) is 0. The summed E-state index contributed by atoms with van der Waals surface area (Å²) >= 11 is 0. The van der Waals surface area contributed by atoms with E-state index in [2.05, 4.69) is 191 Å². The van der Waals surface area contributed by atoms with Gasteiger partial charge >= 0.3 is 0 Å². The molecule has 0 aliphatic rings. The first-order valence-electron chi connectivity index (χ1n) is 20.5. The Labute approximate surface area is 342 Å². The minimum Gasteiger partial charge on any atom is -0.456 e. The third-order valence-electron chi connectivity index (χ3n) is 12.9. The quantitative estimate of drug-likeness (QED) is 0.168. The number of para-hydroxylation sites is 4. The highest BCUT2D eigenvalue weighted by Gasteiger charge is 2.21. The highest BCUT2D eigenvalue weighted by molar-refractivity contribution is 6.32. The fourth-order valence-corrected chi connectivity index (χ4v) is 10.3. The van der Waals surface area contributed by atoms with Crippen LogP contribution >= 0.6 is 0 Å². The molecule has 0 atom stereocenters. The number of fused-ring (bicyclic) bond motifs is 17. The van der Waals surface area contributed by atoms with Gasteiger partial charge in [-0.2, -0.15) is 0 Å². The molecule has 0 fully saturated rings. The second-order valence-corrected chi connectivity index (χ2v) is 16.0. The molecular formula is C56H32N2O2. The van der Waals surface area contributed by atoms with Gasteiger partial charge in [-0.05, 0) is 106 Å². The normalized spacial score (nSPS) is 12.3. The van der Waals surface area contributed by atoms with Crippen molar-refractivity contribution in [2.24, 2.45) is 0 Å². The Kier molecular flexibility index (Phi) is 6.26. The van der Waals surface area contributed by atoms with E-state index in [-0.39, 0.29) is 0 Å². The van der Waals surface area contributed by atoms with Gasteiger partial charge in [0.05, 0.1) is 22.1 Å². The van der Waals surface area contributed by atoms with Crippen LogP contribution in [0.2, 0.25) is 0 Å². The molecular weight excluding hydrogens is 733 g/mol. The van der Waals surface area contributed by atoms with Gasteiger partial charge in [-0.25, -0.2) is 0 Å². The summed E-state index contributed by atoms with van der Waals surface area (Å²) in [5, 5.41) is 14.2. The molecule has 14 aromatic rings. The van der Waals surface area contributed by atoms with Crippen LogP contribution in [0.15, 0.2) is 203 Å². The molecule has 278 valence electrons. The SMILES string of the molecule is c1ccc(-n2c3ccccc3c3cc(-c4ccc5c(c4)c4ccccc4c4c5c5ccccc5n4-c4ccc5oc6cc7c(cc6c5c4)oc4ccccc47)ccc32)cc1. The minimum absolute atomic E-state index is 0.858. The van der Waals surface area contributed by atoms with E-state index in [9.17, 15) is 0 Å². The van der Waals surface area contributed by atoms with Gasteiger partial charge < -0.3 is 18.0 Å². The Bertz CT molecular complexity index is 4120. The van der Waals surface area contributed by atoms with E-state index in [1.807, 2.05) is 12.1 Å². The number of benzene rings is 10. The second-order valence-electron chi connectivity index (χ2n) is 16.0. The van der Waals surface area contributed by atoms with Crippen molar-refractivity contribution in [2.75, 3.05) is 0 Å². The van der Waals surface area contributed by atoms with Crippen LogP contribution in [0.25, 0.3) is 132 Å². The molecule has 10 aromatic carbocycles. The first-order valence-corrected chi connectivity index (χ1v) is 20.5. The summed E-state index contributed by atoms with van der Waals surface area (Å²) in [4.78, 5) is 0. The molecule has 0 amide bonds. The van der Waals surface area contributed by atoms with Crippen LogP contribution in [0, 0.1) is 0 Å². The monoisotopic (exact) mass is 764 g/mol. The molecule has 4 nitrogen and oxygen atoms in total. The van der Waals surface area contributed by atoms with Gasteiger partial charge in [-0.15, -0.1) is 0 Å². The molecule has 4 heterocycles. The first-order chi connectivity index (χ1) is 29.7. The molecule has 14 rings (SSSR count). The van der Waals surface area contributed by atoms with Crippen molar-refractivity contribution in [3.05, 3.63) is 194 Å². The summed E-state index contributed by atoms with van der Waals surface area (Å²) in [6, 6.07) is 70.2. The Morgan fingerprint density at radius 3 is 1.63 bits per heavy atom. The van der Waals surface area contributed by atoms with Crippen molar-refractivity contribution < 1.29 is 8.83 Å². The van der Waals surface area contributed by atoms with E-state index in [0.29, 0.717) is 0 Å². The van der Waals surface area contributed by atoms with Crippen LogP contribution in [0.3, 0.4) is 0 Å². The fraction of sp³-hybridized carbons (Fsp3) is 0. The molecule has 60 heavy (non-hydrogen) atoms. The number of hydrogen-bond donors (Lipinski definition) is 0. The average molecular weight is 765 g/mol. The number of aromatic nitrogens is 2. The molecule has 0 saturated carbocycles. The molecule has 0 bridgehead atoms. The number of hydrogen-bond acceptors (Lipinski definition) is 2. The molecule has 4 aromatic heterocycles. The summed E-state index contributed by atoms with van der Waals surface area (Å²) in [5.74, 6) is 0. The van der Waals surface area contributed by atoms with Crippen LogP contribution < -0.4 is 0 Å². The predicted molar refractivity (Wildman–Crippen MR) is 250 cm³/mol. The maximum Gasteiger partial charge on any atom is 0.136 e. The summed E-state index contributed by atoms with van der Waals surface area (Å²) in [5.41, 5.74) is 12.9. The van der Waals surface area contributed by atoms with Crippen molar-refractivity contribution in [1.29, 1.82) is 0 Å². The zero-order valence-electron chi connectivity index (χ0n) is 32.2. The molecule has 0 aliphatic heterocycles. The maximum absolute atomic E-state index is 6.52. The second kappa shape index (κ2) is 11.8. The van der Waals surface area contributed by atoms with Crippen molar-refractivity contribution in [3.8, 4) is 22.5 Å². The van der Waals surface area contributed by atoms with Crippen LogP contribution in [0.5, 0.6) is 0 Å². The van der Waals surface area contributed by atoms with E-state index in [4.69, 9.17) is 8.83 Å². The lowest BCUT2D eigenvalue weighted by Gasteiger charge is -2.13. The van der Waals surface area contributed by atoms with Crippen LogP contribution in [0.4, 0.5) is 0 Å². The third kappa shape index (κ3) is 4.29. The molecule has 4 heteroatoms. The van der Waals surface area contributed by atoms with E-state index in [1.165, 1.54) is 82.0 Å². The molecule has 0 N–H and O–H groups in total. The molecule has 0 spiro atoms. The highest BCUT2D eigenvalue weighted by atomic mass is 16.3. The maximum atomic E-state index is 6.52.